The van der Waals surface area contributed by atoms with E-state index in [1.54, 1.807) is 11.3 Å². The third-order valence-electron chi connectivity index (χ3n) is 7.18. The number of hydrogen-bond acceptors (Lipinski definition) is 4. The maximum atomic E-state index is 13.8. The molecule has 1 atom stereocenters. The summed E-state index contributed by atoms with van der Waals surface area (Å²) in [6.07, 6.45) is 12.9. The molecule has 166 valence electrons. The van der Waals surface area contributed by atoms with Gasteiger partial charge in [-0.25, -0.2) is 0 Å². The summed E-state index contributed by atoms with van der Waals surface area (Å²) < 4.78 is 5.91. The summed E-state index contributed by atoms with van der Waals surface area (Å²) in [5.74, 6) is 0.167. The summed E-state index contributed by atoms with van der Waals surface area (Å²) in [6, 6.07) is 4.27. The molecular formula is C24H36N2O3S. The number of carbonyl (C=O) groups excluding carboxylic acids is 2. The molecule has 2 heterocycles. The van der Waals surface area contributed by atoms with E-state index in [-0.39, 0.29) is 24.0 Å². The van der Waals surface area contributed by atoms with Crippen molar-refractivity contribution in [2.45, 2.75) is 101 Å². The Balaban J connectivity index is 1.57. The lowest BCUT2D eigenvalue weighted by atomic mass is 9.78. The number of hydrogen-bond donors (Lipinski definition) is 1. The average molecular weight is 433 g/mol. The van der Waals surface area contributed by atoms with Crippen LogP contribution in [0.25, 0.3) is 0 Å². The van der Waals surface area contributed by atoms with Crippen molar-refractivity contribution in [3.05, 3.63) is 22.4 Å². The number of nitrogens with zero attached hydrogens (tertiary/aromatic N) is 1. The van der Waals surface area contributed by atoms with Crippen molar-refractivity contribution in [2.24, 2.45) is 0 Å². The van der Waals surface area contributed by atoms with Gasteiger partial charge in [-0.15, -0.1) is 11.3 Å². The zero-order valence-corrected chi connectivity index (χ0v) is 18.9. The topological polar surface area (TPSA) is 58.6 Å². The fraction of sp³-hybridized carbons (Fsp3) is 0.750. The van der Waals surface area contributed by atoms with E-state index in [9.17, 15) is 9.59 Å². The molecule has 1 N–H and O–H groups in total. The monoisotopic (exact) mass is 432 g/mol. The van der Waals surface area contributed by atoms with E-state index in [4.69, 9.17) is 4.74 Å². The molecule has 2 saturated carbocycles. The van der Waals surface area contributed by atoms with Gasteiger partial charge in [0.2, 0.25) is 11.8 Å². The van der Waals surface area contributed by atoms with Crippen molar-refractivity contribution >= 4 is 23.2 Å². The molecule has 6 heteroatoms. The minimum absolute atomic E-state index is 0.0542. The molecule has 1 aromatic heterocycles. The normalized spacial score (nSPS) is 24.5. The first-order valence-electron chi connectivity index (χ1n) is 11.9. The van der Waals surface area contributed by atoms with Crippen molar-refractivity contribution in [1.29, 1.82) is 0 Å². The van der Waals surface area contributed by atoms with Crippen LogP contribution in [0.2, 0.25) is 0 Å². The smallest absolute Gasteiger partial charge is 0.246 e. The van der Waals surface area contributed by atoms with E-state index >= 15 is 0 Å². The second kappa shape index (κ2) is 10.3. The Morgan fingerprint density at radius 2 is 1.83 bits per heavy atom. The van der Waals surface area contributed by atoms with Gasteiger partial charge in [0.15, 0.2) is 0 Å². The highest BCUT2D eigenvalue weighted by Crippen LogP contribution is 2.36. The third kappa shape index (κ3) is 5.08. The number of nitrogens with one attached hydrogen (secondary N) is 1. The molecule has 3 aliphatic rings. The van der Waals surface area contributed by atoms with Gasteiger partial charge in [-0.2, -0.15) is 0 Å². The second-order valence-electron chi connectivity index (χ2n) is 9.30. The molecule has 2 aliphatic carbocycles. The van der Waals surface area contributed by atoms with Crippen LogP contribution >= 0.6 is 11.3 Å². The molecule has 0 spiro atoms. The molecule has 1 saturated heterocycles. The summed E-state index contributed by atoms with van der Waals surface area (Å²) in [4.78, 5) is 30.4. The summed E-state index contributed by atoms with van der Waals surface area (Å²) in [7, 11) is 0. The first-order chi connectivity index (χ1) is 14.7. The Bertz CT molecular complexity index is 687. The van der Waals surface area contributed by atoms with Gasteiger partial charge in [0.05, 0.1) is 12.5 Å². The lowest BCUT2D eigenvalue weighted by Crippen LogP contribution is -2.64. The van der Waals surface area contributed by atoms with Gasteiger partial charge in [0.1, 0.15) is 5.54 Å². The van der Waals surface area contributed by atoms with Gasteiger partial charge in [0.25, 0.3) is 0 Å². The second-order valence-corrected chi connectivity index (χ2v) is 10.3. The highest BCUT2D eigenvalue weighted by atomic mass is 32.1. The molecule has 1 aliphatic heterocycles. The van der Waals surface area contributed by atoms with Crippen LogP contribution in [-0.2, 0) is 20.7 Å². The Labute approximate surface area is 184 Å². The Morgan fingerprint density at radius 3 is 2.50 bits per heavy atom. The summed E-state index contributed by atoms with van der Waals surface area (Å²) in [5, 5.41) is 5.39. The standard InChI is InChI=1S/C24H36N2O3S/c27-22(17-21-12-8-16-30-21)26(18-20-11-7-15-29-20)24(13-5-2-6-14-24)23(28)25-19-9-3-1-4-10-19/h8,12,16,19-20H,1-7,9-11,13-15,17-18H2,(H,25,28)/t20-/m0/s1. The molecule has 3 fully saturated rings. The van der Waals surface area contributed by atoms with Gasteiger partial charge < -0.3 is 15.0 Å². The SMILES string of the molecule is O=C(Cc1cccs1)N(C[C@@H]1CCCO1)C1(C(=O)NC2CCCCC2)CCCCC1. The lowest BCUT2D eigenvalue weighted by molar-refractivity contribution is -0.152. The van der Waals surface area contributed by atoms with E-state index in [0.29, 0.717) is 13.0 Å². The number of carbonyl (C=O) groups is 2. The third-order valence-corrected chi connectivity index (χ3v) is 8.05. The maximum absolute atomic E-state index is 13.8. The number of rotatable bonds is 7. The summed E-state index contributed by atoms with van der Waals surface area (Å²) in [5.41, 5.74) is -0.712. The largest absolute Gasteiger partial charge is 0.376 e. The van der Waals surface area contributed by atoms with Crippen LogP contribution in [0.5, 0.6) is 0 Å². The fourth-order valence-corrected chi connectivity index (χ4v) is 6.18. The quantitative estimate of drug-likeness (QED) is 0.692. The molecule has 4 rings (SSSR count). The molecule has 5 nitrogen and oxygen atoms in total. The predicted octanol–water partition coefficient (Wildman–Crippen LogP) is 4.45. The van der Waals surface area contributed by atoms with Crippen molar-refractivity contribution in [2.75, 3.05) is 13.2 Å². The minimum Gasteiger partial charge on any atom is -0.376 e. The van der Waals surface area contributed by atoms with Crippen LogP contribution in [-0.4, -0.2) is 47.6 Å². The Morgan fingerprint density at radius 1 is 1.07 bits per heavy atom. The molecule has 2 amide bonds. The van der Waals surface area contributed by atoms with Crippen LogP contribution in [0.3, 0.4) is 0 Å². The lowest BCUT2D eigenvalue weighted by Gasteiger charge is -2.46. The maximum Gasteiger partial charge on any atom is 0.246 e. The first kappa shape index (κ1) is 21.8. The van der Waals surface area contributed by atoms with E-state index in [0.717, 1.165) is 69.3 Å². The number of thiophene rings is 1. The first-order valence-corrected chi connectivity index (χ1v) is 12.8. The van der Waals surface area contributed by atoms with Gasteiger partial charge >= 0.3 is 0 Å². The highest BCUT2D eigenvalue weighted by Gasteiger charge is 2.48. The average Bonchev–Trinajstić information content (AvgIpc) is 3.47. The molecule has 1 aromatic rings. The molecule has 0 unspecified atom stereocenters. The molecule has 0 radical (unpaired) electrons. The Kier molecular flexibility index (Phi) is 7.47. The number of ether oxygens (including phenoxy) is 1. The van der Waals surface area contributed by atoms with Crippen LogP contribution in [0.15, 0.2) is 17.5 Å². The number of amides is 2. The van der Waals surface area contributed by atoms with Crippen molar-refractivity contribution in [3.63, 3.8) is 0 Å². The Hall–Kier alpha value is -1.40. The zero-order valence-electron chi connectivity index (χ0n) is 18.1. The van der Waals surface area contributed by atoms with E-state index in [2.05, 4.69) is 5.32 Å². The molecule has 0 aromatic carbocycles. The van der Waals surface area contributed by atoms with Gasteiger partial charge in [-0.05, 0) is 50.0 Å². The van der Waals surface area contributed by atoms with Crippen LogP contribution in [0, 0.1) is 0 Å². The van der Waals surface area contributed by atoms with Crippen molar-refractivity contribution in [1.82, 2.24) is 10.2 Å². The van der Waals surface area contributed by atoms with E-state index < -0.39 is 5.54 Å². The zero-order chi connectivity index (χ0) is 20.8. The predicted molar refractivity (Wildman–Crippen MR) is 120 cm³/mol. The van der Waals surface area contributed by atoms with Gasteiger partial charge in [0, 0.05) is 24.1 Å². The summed E-state index contributed by atoms with van der Waals surface area (Å²) in [6.45, 7) is 1.31. The van der Waals surface area contributed by atoms with Crippen LogP contribution in [0.1, 0.15) is 81.9 Å². The molecule has 30 heavy (non-hydrogen) atoms. The van der Waals surface area contributed by atoms with E-state index in [1.165, 1.54) is 19.3 Å². The van der Waals surface area contributed by atoms with Gasteiger partial charge in [-0.1, -0.05) is 44.6 Å². The summed E-state index contributed by atoms with van der Waals surface area (Å²) >= 11 is 1.61. The van der Waals surface area contributed by atoms with Crippen molar-refractivity contribution in [3.8, 4) is 0 Å². The molecular weight excluding hydrogens is 396 g/mol. The highest BCUT2D eigenvalue weighted by molar-refractivity contribution is 7.10. The van der Waals surface area contributed by atoms with Gasteiger partial charge in [-0.3, -0.25) is 9.59 Å². The molecule has 0 bridgehead atoms. The van der Waals surface area contributed by atoms with Crippen LogP contribution < -0.4 is 5.32 Å². The van der Waals surface area contributed by atoms with Crippen LogP contribution in [0.4, 0.5) is 0 Å². The fourth-order valence-electron chi connectivity index (χ4n) is 5.49. The van der Waals surface area contributed by atoms with E-state index in [1.807, 2.05) is 22.4 Å². The van der Waals surface area contributed by atoms with Crippen molar-refractivity contribution < 1.29 is 14.3 Å². The minimum atomic E-state index is -0.712.